The summed E-state index contributed by atoms with van der Waals surface area (Å²) in [5.41, 5.74) is -0.164. The third-order valence-corrected chi connectivity index (χ3v) is 4.61. The Morgan fingerprint density at radius 1 is 1.28 bits per heavy atom. The number of rotatable bonds is 11. The lowest BCUT2D eigenvalue weighted by Crippen LogP contribution is -2.22. The number of halogens is 1. The van der Waals surface area contributed by atoms with E-state index >= 15 is 0 Å². The predicted octanol–water partition coefficient (Wildman–Crippen LogP) is 4.80. The second-order valence-corrected chi connectivity index (χ2v) is 8.08. The van der Waals surface area contributed by atoms with Crippen molar-refractivity contribution in [1.82, 2.24) is 0 Å². The fourth-order valence-corrected chi connectivity index (χ4v) is 3.02. The summed E-state index contributed by atoms with van der Waals surface area (Å²) in [4.78, 5) is 12.6. The molecular weight excluding hydrogens is 388 g/mol. The first-order chi connectivity index (χ1) is 12.1. The topological polar surface area (TPSA) is 57.9 Å². The van der Waals surface area contributed by atoms with Gasteiger partial charge in [-0.1, -0.05) is 42.1 Å². The monoisotopic (exact) mass is 416 g/mol. The molecule has 1 aromatic rings. The molecule has 0 N–H and O–H groups in total. The van der Waals surface area contributed by atoms with Crippen LogP contribution in [0.4, 0.5) is 0 Å². The second-order valence-electron chi connectivity index (χ2n) is 6.51. The van der Waals surface area contributed by atoms with E-state index in [9.17, 15) is 4.79 Å². The number of unbranched alkanes of at least 4 members (excludes halogenated alkanes) is 3. The van der Waals surface area contributed by atoms with Gasteiger partial charge in [-0.25, -0.2) is 0 Å². The van der Waals surface area contributed by atoms with Crippen molar-refractivity contribution in [2.75, 3.05) is 13.2 Å². The number of alkyl halides is 1. The maximum absolute atomic E-state index is 12.1. The summed E-state index contributed by atoms with van der Waals surface area (Å²) >= 11 is 3.55. The van der Waals surface area contributed by atoms with Gasteiger partial charge in [0, 0.05) is 17.5 Å². The van der Waals surface area contributed by atoms with E-state index in [1.165, 1.54) is 31.6 Å². The van der Waals surface area contributed by atoms with Gasteiger partial charge in [-0.15, -0.1) is 0 Å². The molecule has 2 rings (SSSR count). The minimum Gasteiger partial charge on any atom is -0.487 e. The molecule has 0 amide bonds. The minimum atomic E-state index is -0.192. The molecule has 1 aliphatic heterocycles. The zero-order valence-corrected chi connectivity index (χ0v) is 16.6. The average Bonchev–Trinajstić information content (AvgIpc) is 2.61. The zero-order valence-electron chi connectivity index (χ0n) is 15.0. The van der Waals surface area contributed by atoms with Crippen LogP contribution in [-0.4, -0.2) is 24.3 Å². The molecule has 1 fully saturated rings. The standard InChI is InChI=1S/C19H29BrO5/c1-15(20)8-4-2-3-6-10-22-18-14-24-16(12-17(18)21)13-25-19-9-5-7-11-23-19/h12,14-15,19H,2-11,13H2,1H3. The van der Waals surface area contributed by atoms with Crippen LogP contribution < -0.4 is 10.2 Å². The summed E-state index contributed by atoms with van der Waals surface area (Å²) in [5, 5.41) is 0. The molecule has 0 aromatic carbocycles. The van der Waals surface area contributed by atoms with Gasteiger partial charge in [-0.2, -0.15) is 0 Å². The molecule has 1 aromatic heterocycles. The van der Waals surface area contributed by atoms with E-state index in [0.29, 0.717) is 17.2 Å². The molecule has 6 heteroatoms. The van der Waals surface area contributed by atoms with Crippen molar-refractivity contribution in [3.63, 3.8) is 0 Å². The molecule has 2 unspecified atom stereocenters. The van der Waals surface area contributed by atoms with E-state index in [4.69, 9.17) is 18.6 Å². The van der Waals surface area contributed by atoms with Crippen molar-refractivity contribution in [2.24, 2.45) is 0 Å². The Hall–Kier alpha value is -0.850. The van der Waals surface area contributed by atoms with Crippen LogP contribution in [0.15, 0.2) is 21.5 Å². The van der Waals surface area contributed by atoms with Gasteiger partial charge in [0.05, 0.1) is 6.61 Å². The first-order valence-corrected chi connectivity index (χ1v) is 10.2. The zero-order chi connectivity index (χ0) is 17.9. The van der Waals surface area contributed by atoms with E-state index < -0.39 is 0 Å². The smallest absolute Gasteiger partial charge is 0.227 e. The molecule has 1 aliphatic rings. The number of hydrogen-bond acceptors (Lipinski definition) is 5. The fraction of sp³-hybridized carbons (Fsp3) is 0.737. The molecule has 0 bridgehead atoms. The predicted molar refractivity (Wildman–Crippen MR) is 100 cm³/mol. The second kappa shape index (κ2) is 11.7. The number of hydrogen-bond donors (Lipinski definition) is 0. The largest absolute Gasteiger partial charge is 0.487 e. The lowest BCUT2D eigenvalue weighted by molar-refractivity contribution is -0.171. The molecule has 1 saturated heterocycles. The van der Waals surface area contributed by atoms with Gasteiger partial charge >= 0.3 is 0 Å². The van der Waals surface area contributed by atoms with Crippen LogP contribution in [0.3, 0.4) is 0 Å². The third kappa shape index (κ3) is 8.38. The van der Waals surface area contributed by atoms with Crippen LogP contribution >= 0.6 is 15.9 Å². The highest BCUT2D eigenvalue weighted by Gasteiger charge is 2.15. The van der Waals surface area contributed by atoms with E-state index in [0.717, 1.165) is 38.7 Å². The molecule has 25 heavy (non-hydrogen) atoms. The molecule has 0 aliphatic carbocycles. The summed E-state index contributed by atoms with van der Waals surface area (Å²) in [6.45, 7) is 3.68. The van der Waals surface area contributed by atoms with Gasteiger partial charge in [-0.3, -0.25) is 4.79 Å². The molecular formula is C19H29BrO5. The Kier molecular flexibility index (Phi) is 9.58. The van der Waals surface area contributed by atoms with E-state index in [1.807, 2.05) is 0 Å². The maximum Gasteiger partial charge on any atom is 0.227 e. The van der Waals surface area contributed by atoms with E-state index in [-0.39, 0.29) is 24.1 Å². The normalized spacial score (nSPS) is 18.9. The van der Waals surface area contributed by atoms with E-state index in [2.05, 4.69) is 22.9 Å². The third-order valence-electron chi connectivity index (χ3n) is 4.16. The average molecular weight is 417 g/mol. The summed E-state index contributed by atoms with van der Waals surface area (Å²) < 4.78 is 22.1. The highest BCUT2D eigenvalue weighted by atomic mass is 79.9. The van der Waals surface area contributed by atoms with Crippen LogP contribution in [0.25, 0.3) is 0 Å². The van der Waals surface area contributed by atoms with Crippen molar-refractivity contribution >= 4 is 15.9 Å². The molecule has 0 spiro atoms. The lowest BCUT2D eigenvalue weighted by atomic mass is 10.1. The Bertz CT molecular complexity index is 537. The van der Waals surface area contributed by atoms with Crippen LogP contribution in [0, 0.1) is 0 Å². The Balaban J connectivity index is 1.64. The van der Waals surface area contributed by atoms with E-state index in [1.54, 1.807) is 0 Å². The Morgan fingerprint density at radius 2 is 2.12 bits per heavy atom. The van der Waals surface area contributed by atoms with Crippen molar-refractivity contribution in [3.8, 4) is 5.75 Å². The quantitative estimate of drug-likeness (QED) is 0.383. The van der Waals surface area contributed by atoms with Crippen molar-refractivity contribution in [3.05, 3.63) is 28.3 Å². The Labute approximate surface area is 158 Å². The maximum atomic E-state index is 12.1. The molecule has 5 nitrogen and oxygen atoms in total. The van der Waals surface area contributed by atoms with Crippen LogP contribution in [0.1, 0.15) is 64.1 Å². The fourth-order valence-electron chi connectivity index (χ4n) is 2.70. The van der Waals surface area contributed by atoms with Gasteiger partial charge in [0.15, 0.2) is 6.29 Å². The summed E-state index contributed by atoms with van der Waals surface area (Å²) in [6, 6.07) is 1.44. The van der Waals surface area contributed by atoms with Gasteiger partial charge in [-0.05, 0) is 32.1 Å². The van der Waals surface area contributed by atoms with Gasteiger partial charge in [0.2, 0.25) is 11.2 Å². The summed E-state index contributed by atoms with van der Waals surface area (Å²) in [7, 11) is 0. The molecule has 0 saturated carbocycles. The molecule has 2 heterocycles. The molecule has 2 atom stereocenters. The first kappa shape index (κ1) is 20.5. The van der Waals surface area contributed by atoms with Crippen molar-refractivity contribution in [2.45, 2.75) is 76.0 Å². The van der Waals surface area contributed by atoms with Crippen LogP contribution in [0.2, 0.25) is 0 Å². The highest BCUT2D eigenvalue weighted by molar-refractivity contribution is 9.09. The highest BCUT2D eigenvalue weighted by Crippen LogP contribution is 2.16. The Morgan fingerprint density at radius 3 is 2.84 bits per heavy atom. The minimum absolute atomic E-state index is 0.164. The number of ether oxygens (including phenoxy) is 3. The van der Waals surface area contributed by atoms with Gasteiger partial charge in [0.1, 0.15) is 18.6 Å². The van der Waals surface area contributed by atoms with Crippen LogP contribution in [0.5, 0.6) is 5.75 Å². The van der Waals surface area contributed by atoms with Gasteiger partial charge < -0.3 is 18.6 Å². The molecule has 0 radical (unpaired) electrons. The SMILES string of the molecule is CC(Br)CCCCCCOc1coc(COC2CCCCO2)cc1=O. The van der Waals surface area contributed by atoms with Crippen LogP contribution in [-0.2, 0) is 16.1 Å². The van der Waals surface area contributed by atoms with Crippen molar-refractivity contribution in [1.29, 1.82) is 0 Å². The van der Waals surface area contributed by atoms with Crippen molar-refractivity contribution < 1.29 is 18.6 Å². The lowest BCUT2D eigenvalue weighted by Gasteiger charge is -2.22. The first-order valence-electron chi connectivity index (χ1n) is 9.27. The summed E-state index contributed by atoms with van der Waals surface area (Å²) in [5.74, 6) is 0.766. The molecule has 142 valence electrons. The van der Waals surface area contributed by atoms with Gasteiger partial charge in [0.25, 0.3) is 0 Å². The summed E-state index contributed by atoms with van der Waals surface area (Å²) in [6.07, 6.45) is 9.92.